The Morgan fingerprint density at radius 2 is 2.04 bits per heavy atom. The van der Waals surface area contributed by atoms with E-state index < -0.39 is 11.9 Å². The van der Waals surface area contributed by atoms with E-state index in [9.17, 15) is 19.6 Å². The average Bonchev–Trinajstić information content (AvgIpc) is 2.83. The lowest BCUT2D eigenvalue weighted by Gasteiger charge is -2.29. The standard InChI is InChI=1S/C16H16N4O3/c1-19(2)11-4-3-9-8-20(16(23)14(9)10(11)7-17)12-5-6-13(21)18-15(12)22/h3-4,12H,5-6,8H2,1-2H3,(H,18,21,22). The Kier molecular flexibility index (Phi) is 3.52. The predicted octanol–water partition coefficient (Wildman–Crippen LogP) is 0.385. The molecule has 0 aromatic heterocycles. The van der Waals surface area contributed by atoms with E-state index in [-0.39, 0.29) is 24.8 Å². The van der Waals surface area contributed by atoms with Gasteiger partial charge in [-0.1, -0.05) is 6.07 Å². The first-order valence-electron chi connectivity index (χ1n) is 7.32. The Morgan fingerprint density at radius 1 is 1.30 bits per heavy atom. The summed E-state index contributed by atoms with van der Waals surface area (Å²) in [6.07, 6.45) is 0.525. The lowest BCUT2D eigenvalue weighted by atomic mass is 10.0. The van der Waals surface area contributed by atoms with Crippen LogP contribution in [0.3, 0.4) is 0 Å². The van der Waals surface area contributed by atoms with E-state index in [0.29, 0.717) is 23.2 Å². The molecule has 0 radical (unpaired) electrons. The maximum absolute atomic E-state index is 12.8. The number of nitrogens with zero attached hydrogens (tertiary/aromatic N) is 3. The molecule has 1 fully saturated rings. The van der Waals surface area contributed by atoms with Crippen LogP contribution in [-0.2, 0) is 16.1 Å². The van der Waals surface area contributed by atoms with Crippen LogP contribution in [0.25, 0.3) is 0 Å². The zero-order chi connectivity index (χ0) is 16.7. The summed E-state index contributed by atoms with van der Waals surface area (Å²) >= 11 is 0. The largest absolute Gasteiger partial charge is 0.377 e. The van der Waals surface area contributed by atoms with E-state index in [1.165, 1.54) is 4.90 Å². The van der Waals surface area contributed by atoms with Crippen LogP contribution >= 0.6 is 0 Å². The molecule has 3 amide bonds. The third-order valence-corrected chi connectivity index (χ3v) is 4.26. The van der Waals surface area contributed by atoms with E-state index >= 15 is 0 Å². The number of imide groups is 1. The number of fused-ring (bicyclic) bond motifs is 1. The molecule has 2 aliphatic heterocycles. The van der Waals surface area contributed by atoms with Gasteiger partial charge in [-0.2, -0.15) is 5.26 Å². The van der Waals surface area contributed by atoms with Crippen LogP contribution < -0.4 is 10.2 Å². The highest BCUT2D eigenvalue weighted by Crippen LogP contribution is 2.33. The molecular formula is C16H16N4O3. The Labute approximate surface area is 133 Å². The van der Waals surface area contributed by atoms with Crippen molar-refractivity contribution in [2.45, 2.75) is 25.4 Å². The molecule has 1 N–H and O–H groups in total. The van der Waals surface area contributed by atoms with Gasteiger partial charge >= 0.3 is 0 Å². The summed E-state index contributed by atoms with van der Waals surface area (Å²) in [4.78, 5) is 39.3. The van der Waals surface area contributed by atoms with Gasteiger partial charge in [0.05, 0.1) is 16.8 Å². The SMILES string of the molecule is CN(C)c1ccc2c(c1C#N)C(=O)N(C1CCC(=O)NC1=O)C2. The number of carbonyl (C=O) groups is 3. The van der Waals surface area contributed by atoms with Gasteiger partial charge in [0, 0.05) is 27.1 Å². The summed E-state index contributed by atoms with van der Waals surface area (Å²) in [5.74, 6) is -1.09. The quantitative estimate of drug-likeness (QED) is 0.797. The first kappa shape index (κ1) is 15.0. The molecule has 3 rings (SSSR count). The van der Waals surface area contributed by atoms with E-state index in [1.807, 2.05) is 6.07 Å². The van der Waals surface area contributed by atoms with Crippen LogP contribution in [0.2, 0.25) is 0 Å². The molecule has 0 spiro atoms. The lowest BCUT2D eigenvalue weighted by Crippen LogP contribution is -2.52. The van der Waals surface area contributed by atoms with Gasteiger partial charge in [0.1, 0.15) is 12.1 Å². The van der Waals surface area contributed by atoms with Crippen molar-refractivity contribution in [1.82, 2.24) is 10.2 Å². The Morgan fingerprint density at radius 3 is 2.65 bits per heavy atom. The minimum absolute atomic E-state index is 0.213. The van der Waals surface area contributed by atoms with Crippen LogP contribution in [0.1, 0.15) is 34.3 Å². The highest BCUT2D eigenvalue weighted by molar-refractivity contribution is 6.07. The highest BCUT2D eigenvalue weighted by atomic mass is 16.2. The van der Waals surface area contributed by atoms with Crippen molar-refractivity contribution in [2.24, 2.45) is 0 Å². The summed E-state index contributed by atoms with van der Waals surface area (Å²) in [7, 11) is 3.61. The summed E-state index contributed by atoms with van der Waals surface area (Å²) in [6, 6.07) is 5.06. The molecule has 1 unspecified atom stereocenters. The molecule has 0 bridgehead atoms. The first-order chi connectivity index (χ1) is 10.9. The second-order valence-electron chi connectivity index (χ2n) is 5.90. The van der Waals surface area contributed by atoms with Crippen molar-refractivity contribution in [3.8, 4) is 6.07 Å². The Balaban J connectivity index is 1.99. The summed E-state index contributed by atoms with van der Waals surface area (Å²) in [6.45, 7) is 0.281. The smallest absolute Gasteiger partial charge is 0.256 e. The molecule has 0 saturated carbocycles. The normalized spacial score (nSPS) is 20.1. The van der Waals surface area contributed by atoms with Crippen LogP contribution in [0.4, 0.5) is 5.69 Å². The predicted molar refractivity (Wildman–Crippen MR) is 81.5 cm³/mol. The molecule has 1 aromatic rings. The fraction of sp³-hybridized carbons (Fsp3) is 0.375. The highest BCUT2D eigenvalue weighted by Gasteiger charge is 2.40. The van der Waals surface area contributed by atoms with Gasteiger partial charge in [0.2, 0.25) is 11.8 Å². The fourth-order valence-electron chi connectivity index (χ4n) is 3.13. The second kappa shape index (κ2) is 5.39. The minimum Gasteiger partial charge on any atom is -0.377 e. The molecule has 7 heteroatoms. The van der Waals surface area contributed by atoms with Gasteiger partial charge in [0.25, 0.3) is 5.91 Å². The fourth-order valence-corrected chi connectivity index (χ4v) is 3.13. The number of amides is 3. The second-order valence-corrected chi connectivity index (χ2v) is 5.90. The van der Waals surface area contributed by atoms with Crippen molar-refractivity contribution in [3.63, 3.8) is 0 Å². The van der Waals surface area contributed by atoms with Crippen LogP contribution in [0, 0.1) is 11.3 Å². The van der Waals surface area contributed by atoms with Gasteiger partial charge in [0.15, 0.2) is 0 Å². The van der Waals surface area contributed by atoms with Crippen molar-refractivity contribution < 1.29 is 14.4 Å². The van der Waals surface area contributed by atoms with Gasteiger partial charge in [-0.15, -0.1) is 0 Å². The molecule has 118 valence electrons. The number of hydrogen-bond acceptors (Lipinski definition) is 5. The van der Waals surface area contributed by atoms with Crippen molar-refractivity contribution in [2.75, 3.05) is 19.0 Å². The van der Waals surface area contributed by atoms with Gasteiger partial charge in [-0.05, 0) is 18.1 Å². The Hall–Kier alpha value is -2.88. The molecule has 23 heavy (non-hydrogen) atoms. The minimum atomic E-state index is -0.665. The van der Waals surface area contributed by atoms with Crippen molar-refractivity contribution >= 4 is 23.4 Å². The molecule has 2 heterocycles. The zero-order valence-corrected chi connectivity index (χ0v) is 12.9. The summed E-state index contributed by atoms with van der Waals surface area (Å²) in [5, 5.41) is 11.7. The maximum Gasteiger partial charge on any atom is 0.256 e. The van der Waals surface area contributed by atoms with Gasteiger partial charge < -0.3 is 9.80 Å². The molecule has 1 aromatic carbocycles. The van der Waals surface area contributed by atoms with Crippen molar-refractivity contribution in [3.05, 3.63) is 28.8 Å². The van der Waals surface area contributed by atoms with E-state index in [2.05, 4.69) is 11.4 Å². The number of piperidine rings is 1. The monoisotopic (exact) mass is 312 g/mol. The zero-order valence-electron chi connectivity index (χ0n) is 12.9. The van der Waals surface area contributed by atoms with Crippen LogP contribution in [0.15, 0.2) is 12.1 Å². The van der Waals surface area contributed by atoms with Crippen LogP contribution in [-0.4, -0.2) is 42.8 Å². The topological polar surface area (TPSA) is 93.5 Å². The van der Waals surface area contributed by atoms with Gasteiger partial charge in [-0.25, -0.2) is 0 Å². The van der Waals surface area contributed by atoms with E-state index in [1.54, 1.807) is 25.1 Å². The number of benzene rings is 1. The molecule has 7 nitrogen and oxygen atoms in total. The number of nitrogens with one attached hydrogen (secondary N) is 1. The molecule has 2 aliphatic rings. The molecule has 1 atom stereocenters. The van der Waals surface area contributed by atoms with Crippen LogP contribution in [0.5, 0.6) is 0 Å². The summed E-state index contributed by atoms with van der Waals surface area (Å²) in [5.41, 5.74) is 2.10. The third-order valence-electron chi connectivity index (χ3n) is 4.26. The number of nitriles is 1. The third kappa shape index (κ3) is 2.32. The average molecular weight is 312 g/mol. The van der Waals surface area contributed by atoms with Crippen molar-refractivity contribution in [1.29, 1.82) is 5.26 Å². The first-order valence-corrected chi connectivity index (χ1v) is 7.32. The van der Waals surface area contributed by atoms with Gasteiger partial charge in [-0.3, -0.25) is 19.7 Å². The summed E-state index contributed by atoms with van der Waals surface area (Å²) < 4.78 is 0. The number of rotatable bonds is 2. The van der Waals surface area contributed by atoms with E-state index in [4.69, 9.17) is 0 Å². The number of anilines is 1. The molecular weight excluding hydrogens is 296 g/mol. The number of hydrogen-bond donors (Lipinski definition) is 1. The Bertz CT molecular complexity index is 763. The van der Waals surface area contributed by atoms with E-state index in [0.717, 1.165) is 5.56 Å². The molecule has 0 aliphatic carbocycles. The molecule has 1 saturated heterocycles. The lowest BCUT2D eigenvalue weighted by molar-refractivity contribution is -0.136. The number of carbonyl (C=O) groups excluding carboxylic acids is 3. The maximum atomic E-state index is 12.8.